The van der Waals surface area contributed by atoms with Crippen LogP contribution >= 0.6 is 0 Å². The molecule has 0 aliphatic rings. The van der Waals surface area contributed by atoms with Crippen LogP contribution in [0.1, 0.15) is 57.8 Å². The Balaban J connectivity index is -0.000000411. The molecule has 0 fully saturated rings. The largest absolute Gasteiger partial charge is 3.00 e. The van der Waals surface area contributed by atoms with Gasteiger partial charge >= 0.3 is 38.1 Å². The summed E-state index contributed by atoms with van der Waals surface area (Å²) < 4.78 is 0. The van der Waals surface area contributed by atoms with Gasteiger partial charge in [0.1, 0.15) is 5.60 Å². The van der Waals surface area contributed by atoms with Crippen molar-refractivity contribution >= 4 is 56.0 Å². The number of unbranched alkanes of at least 4 members (excludes halogenated alkanes) is 4. The van der Waals surface area contributed by atoms with Crippen LogP contribution in [-0.2, 0) is 24.0 Å². The summed E-state index contributed by atoms with van der Waals surface area (Å²) in [5, 5.41) is 55.5. The Morgan fingerprint density at radius 3 is 1.19 bits per heavy atom. The first kappa shape index (κ1) is 29.9. The molecule has 12 heteroatoms. The van der Waals surface area contributed by atoms with Gasteiger partial charge in [-0.2, -0.15) is 0 Å². The van der Waals surface area contributed by atoms with Gasteiger partial charge in [-0.05, 0) is 12.8 Å². The van der Waals surface area contributed by atoms with Gasteiger partial charge in [0, 0.05) is 37.6 Å². The molecule has 0 saturated heterocycles. The summed E-state index contributed by atoms with van der Waals surface area (Å²) in [5.41, 5.74) is -2.97. The number of carbonyl (C=O) groups excluding carboxylic acids is 3. The molecule has 152 valence electrons. The van der Waals surface area contributed by atoms with Crippen molar-refractivity contribution in [1.82, 2.24) is 0 Å². The van der Waals surface area contributed by atoms with Crippen LogP contribution in [0.25, 0.3) is 0 Å². The van der Waals surface area contributed by atoms with Gasteiger partial charge in [0.15, 0.2) is 0 Å². The zero-order chi connectivity index (χ0) is 20.8. The number of carboxylic acids is 5. The van der Waals surface area contributed by atoms with Gasteiger partial charge in [-0.25, -0.2) is 0 Å². The van der Waals surface area contributed by atoms with Gasteiger partial charge in [-0.15, -0.1) is 0 Å². The zero-order valence-corrected chi connectivity index (χ0v) is 17.9. The molecular formula is C15H21BiO11. The number of hydrogen-bond donors (Lipinski definition) is 3. The molecule has 3 N–H and O–H groups in total. The van der Waals surface area contributed by atoms with Gasteiger partial charge in [0.05, 0.1) is 5.97 Å². The topological polar surface area (TPSA) is 215 Å². The Morgan fingerprint density at radius 1 is 0.667 bits per heavy atom. The minimum absolute atomic E-state index is 0. The van der Waals surface area contributed by atoms with Crippen molar-refractivity contribution in [3.05, 3.63) is 0 Å². The van der Waals surface area contributed by atoms with Crippen molar-refractivity contribution in [3.63, 3.8) is 0 Å². The Bertz CT molecular complexity index is 470. The molecule has 0 aromatic heterocycles. The van der Waals surface area contributed by atoms with E-state index >= 15 is 0 Å². The second kappa shape index (κ2) is 16.4. The van der Waals surface area contributed by atoms with Crippen LogP contribution in [0.2, 0.25) is 0 Å². The van der Waals surface area contributed by atoms with Crippen molar-refractivity contribution in [2.24, 2.45) is 0 Å². The molecule has 0 saturated carbocycles. The summed E-state index contributed by atoms with van der Waals surface area (Å²) in [5.74, 6) is -7.50. The van der Waals surface area contributed by atoms with E-state index in [2.05, 4.69) is 0 Å². The minimum Gasteiger partial charge on any atom is -0.550 e. The molecule has 0 atom stereocenters. The maximum atomic E-state index is 10.1. The third-order valence-corrected chi connectivity index (χ3v) is 3.03. The van der Waals surface area contributed by atoms with E-state index < -0.39 is 48.3 Å². The minimum atomic E-state index is -2.97. The van der Waals surface area contributed by atoms with Crippen molar-refractivity contribution in [2.45, 2.75) is 63.4 Å². The van der Waals surface area contributed by atoms with Crippen LogP contribution in [0.4, 0.5) is 0 Å². The summed E-state index contributed by atoms with van der Waals surface area (Å²) in [6.45, 7) is 0. The maximum absolute atomic E-state index is 10.1. The number of carbonyl (C=O) groups is 5. The number of rotatable bonds is 13. The third-order valence-electron chi connectivity index (χ3n) is 3.03. The Morgan fingerprint density at radius 2 is 0.963 bits per heavy atom. The van der Waals surface area contributed by atoms with E-state index in [1.807, 2.05) is 0 Å². The van der Waals surface area contributed by atoms with Crippen molar-refractivity contribution in [2.75, 3.05) is 0 Å². The number of hydrogen-bond acceptors (Lipinski definition) is 9. The first-order valence-corrected chi connectivity index (χ1v) is 7.68. The first-order valence-electron chi connectivity index (χ1n) is 7.68. The fourth-order valence-electron chi connectivity index (χ4n) is 1.77. The molecule has 0 aliphatic heterocycles. The zero-order valence-electron chi connectivity index (χ0n) is 14.4. The summed E-state index contributed by atoms with van der Waals surface area (Å²) in [6.07, 6.45) is 1.81. The predicted octanol–water partition coefficient (Wildman–Crippen LogP) is -3.75. The Kier molecular flexibility index (Phi) is 18.2. The van der Waals surface area contributed by atoms with Gasteiger partial charge in [0.2, 0.25) is 0 Å². The van der Waals surface area contributed by atoms with Crippen molar-refractivity contribution < 1.29 is 54.6 Å². The number of aliphatic hydroxyl groups is 1. The van der Waals surface area contributed by atoms with Crippen LogP contribution in [0.5, 0.6) is 0 Å². The Labute approximate surface area is 174 Å². The molecule has 0 unspecified atom stereocenters. The average Bonchev–Trinajstić information content (AvgIpc) is 2.44. The molecule has 0 amide bonds. The molecule has 11 nitrogen and oxygen atoms in total. The van der Waals surface area contributed by atoms with Gasteiger partial charge in [0.25, 0.3) is 0 Å². The smallest absolute Gasteiger partial charge is 0.550 e. The van der Waals surface area contributed by atoms with Gasteiger partial charge < -0.3 is 45.0 Å². The van der Waals surface area contributed by atoms with Gasteiger partial charge in [-0.1, -0.05) is 19.3 Å². The summed E-state index contributed by atoms with van der Waals surface area (Å²) >= 11 is 0. The molecule has 0 aromatic rings. The Hall–Kier alpha value is -1.81. The molecular weight excluding hydrogens is 565 g/mol. The van der Waals surface area contributed by atoms with Crippen LogP contribution in [0, 0.1) is 0 Å². The van der Waals surface area contributed by atoms with Gasteiger partial charge in [-0.3, -0.25) is 9.59 Å². The summed E-state index contributed by atoms with van der Waals surface area (Å²) in [6, 6.07) is 0. The molecule has 0 aromatic carbocycles. The molecule has 0 heterocycles. The maximum Gasteiger partial charge on any atom is 3.00 e. The molecule has 0 bridgehead atoms. The SMILES string of the molecule is O=C(O)CCCCCCCC(=O)O.O=C([O-])CC(O)(CC(=O)[O-])C(=O)[O-].[Bi+3]. The van der Waals surface area contributed by atoms with Crippen molar-refractivity contribution in [1.29, 1.82) is 0 Å². The quantitative estimate of drug-likeness (QED) is 0.141. The molecule has 27 heavy (non-hydrogen) atoms. The van der Waals surface area contributed by atoms with E-state index in [0.29, 0.717) is 12.8 Å². The van der Waals surface area contributed by atoms with Crippen LogP contribution in [-0.4, -0.2) is 77.0 Å². The fraction of sp³-hybridized carbons (Fsp3) is 0.667. The number of carboxylic acid groups (broad SMARTS) is 5. The average molecular weight is 586 g/mol. The summed E-state index contributed by atoms with van der Waals surface area (Å²) in [4.78, 5) is 50.2. The summed E-state index contributed by atoms with van der Waals surface area (Å²) in [7, 11) is 0. The fourth-order valence-corrected chi connectivity index (χ4v) is 1.77. The first-order chi connectivity index (χ1) is 11.9. The van der Waals surface area contributed by atoms with E-state index in [1.54, 1.807) is 0 Å². The standard InChI is InChI=1S/C9H16O4.C6H8O7.Bi/c10-8(11)6-4-2-1-3-5-7-9(12)13;7-3(8)1-6(13,5(11)12)2-4(9)10;/h1-7H2,(H,10,11)(H,12,13);13H,1-2H2,(H,7,8)(H,9,10)(H,11,12);/q;;+3/p-3. The van der Waals surface area contributed by atoms with E-state index in [9.17, 15) is 39.3 Å². The van der Waals surface area contributed by atoms with Crippen molar-refractivity contribution in [3.8, 4) is 0 Å². The van der Waals surface area contributed by atoms with E-state index in [-0.39, 0.29) is 39.0 Å². The number of aliphatic carboxylic acids is 5. The second-order valence-corrected chi connectivity index (χ2v) is 5.47. The van der Waals surface area contributed by atoms with Crippen LogP contribution in [0.3, 0.4) is 0 Å². The second-order valence-electron chi connectivity index (χ2n) is 5.47. The monoisotopic (exact) mass is 586 g/mol. The molecule has 0 aliphatic carbocycles. The molecule has 0 spiro atoms. The van der Waals surface area contributed by atoms with Crippen LogP contribution < -0.4 is 15.3 Å². The van der Waals surface area contributed by atoms with E-state index in [0.717, 1.165) is 19.3 Å². The molecule has 2 radical (unpaired) electrons. The van der Waals surface area contributed by atoms with E-state index in [1.165, 1.54) is 0 Å². The van der Waals surface area contributed by atoms with Crippen LogP contribution in [0.15, 0.2) is 0 Å². The van der Waals surface area contributed by atoms with E-state index in [4.69, 9.17) is 15.3 Å². The normalized spacial score (nSPS) is 9.96. The third kappa shape index (κ3) is 20.4. The predicted molar refractivity (Wildman–Crippen MR) is 82.5 cm³/mol. The molecule has 0 rings (SSSR count).